The molecule has 2 rings (SSSR count). The number of esters is 1. The van der Waals surface area contributed by atoms with Gasteiger partial charge < -0.3 is 14.8 Å². The molecule has 1 aromatic heterocycles. The highest BCUT2D eigenvalue weighted by atomic mass is 16.5. The van der Waals surface area contributed by atoms with Crippen LogP contribution in [0.3, 0.4) is 0 Å². The second-order valence-electron chi connectivity index (χ2n) is 4.19. The number of carbonyl (C=O) groups excluding carboxylic acids is 1. The summed E-state index contributed by atoms with van der Waals surface area (Å²) in [6, 6.07) is 10.3. The van der Waals surface area contributed by atoms with Gasteiger partial charge in [0.2, 0.25) is 5.88 Å². The predicted octanol–water partition coefficient (Wildman–Crippen LogP) is 2.20. The summed E-state index contributed by atoms with van der Waals surface area (Å²) in [6.07, 6.45) is 1.38. The minimum Gasteiger partial charge on any atom is -0.478 e. The first-order valence-electron chi connectivity index (χ1n) is 6.58. The van der Waals surface area contributed by atoms with Gasteiger partial charge in [-0.15, -0.1) is 0 Å². The minimum absolute atomic E-state index is 0.391. The summed E-state index contributed by atoms with van der Waals surface area (Å²) in [5.74, 6) is 0.553. The number of nitrogens with one attached hydrogen (secondary N) is 1. The van der Waals surface area contributed by atoms with Gasteiger partial charge in [-0.3, -0.25) is 0 Å². The van der Waals surface area contributed by atoms with Gasteiger partial charge in [0.05, 0.1) is 13.7 Å². The Kier molecular flexibility index (Phi) is 5.09. The first-order chi connectivity index (χ1) is 10.2. The molecular weight excluding hydrogens is 270 g/mol. The summed E-state index contributed by atoms with van der Waals surface area (Å²) in [5.41, 5.74) is 0.793. The molecule has 0 saturated heterocycles. The van der Waals surface area contributed by atoms with E-state index in [1.165, 1.54) is 13.4 Å². The van der Waals surface area contributed by atoms with Crippen molar-refractivity contribution in [2.75, 3.05) is 19.0 Å². The van der Waals surface area contributed by atoms with E-state index >= 15 is 0 Å². The van der Waals surface area contributed by atoms with Crippen LogP contribution in [0.4, 0.5) is 5.82 Å². The van der Waals surface area contributed by atoms with Crippen molar-refractivity contribution in [3.8, 4) is 5.88 Å². The van der Waals surface area contributed by atoms with Crippen LogP contribution in [-0.2, 0) is 9.53 Å². The molecule has 1 N–H and O–H groups in total. The normalized spacial score (nSPS) is 11.5. The third-order valence-electron chi connectivity index (χ3n) is 2.80. The van der Waals surface area contributed by atoms with Crippen molar-refractivity contribution < 1.29 is 14.3 Å². The number of aromatic nitrogens is 2. The van der Waals surface area contributed by atoms with Crippen LogP contribution in [0.25, 0.3) is 0 Å². The van der Waals surface area contributed by atoms with E-state index in [-0.39, 0.29) is 0 Å². The highest BCUT2D eigenvalue weighted by Crippen LogP contribution is 2.21. The average molecular weight is 287 g/mol. The first-order valence-corrected chi connectivity index (χ1v) is 6.58. The minimum atomic E-state index is -0.638. The molecule has 1 heterocycles. The largest absolute Gasteiger partial charge is 0.478 e. The second kappa shape index (κ2) is 7.23. The van der Waals surface area contributed by atoms with Crippen molar-refractivity contribution >= 4 is 11.8 Å². The van der Waals surface area contributed by atoms with Crippen LogP contribution in [-0.4, -0.2) is 29.7 Å². The molecule has 6 heteroatoms. The molecule has 0 amide bonds. The lowest BCUT2D eigenvalue weighted by Crippen LogP contribution is -2.22. The molecule has 1 atom stereocenters. The number of hydrogen-bond donors (Lipinski definition) is 1. The summed E-state index contributed by atoms with van der Waals surface area (Å²) in [7, 11) is 1.35. The van der Waals surface area contributed by atoms with Crippen LogP contribution >= 0.6 is 0 Å². The third kappa shape index (κ3) is 3.92. The van der Waals surface area contributed by atoms with Crippen LogP contribution in [0.15, 0.2) is 42.7 Å². The highest BCUT2D eigenvalue weighted by Gasteiger charge is 2.21. The Balaban J connectivity index is 2.23. The van der Waals surface area contributed by atoms with Gasteiger partial charge in [-0.05, 0) is 12.5 Å². The maximum atomic E-state index is 12.0. The number of benzene rings is 1. The van der Waals surface area contributed by atoms with Crippen LogP contribution in [0.5, 0.6) is 5.88 Å². The zero-order valence-electron chi connectivity index (χ0n) is 11.9. The quantitative estimate of drug-likeness (QED) is 0.821. The smallest absolute Gasteiger partial charge is 0.333 e. The fourth-order valence-corrected chi connectivity index (χ4v) is 1.83. The Morgan fingerprint density at radius 3 is 2.71 bits per heavy atom. The van der Waals surface area contributed by atoms with Crippen molar-refractivity contribution in [3.63, 3.8) is 0 Å². The van der Waals surface area contributed by atoms with Gasteiger partial charge >= 0.3 is 5.97 Å². The van der Waals surface area contributed by atoms with E-state index in [9.17, 15) is 4.79 Å². The van der Waals surface area contributed by atoms with E-state index in [4.69, 9.17) is 9.47 Å². The Bertz CT molecular complexity index is 590. The number of rotatable bonds is 6. The molecule has 0 saturated carbocycles. The van der Waals surface area contributed by atoms with Crippen molar-refractivity contribution in [1.29, 1.82) is 0 Å². The monoisotopic (exact) mass is 287 g/mol. The molecule has 6 nitrogen and oxygen atoms in total. The number of carbonyl (C=O) groups is 1. The zero-order valence-corrected chi connectivity index (χ0v) is 11.9. The van der Waals surface area contributed by atoms with Gasteiger partial charge in [0.15, 0.2) is 6.04 Å². The molecule has 21 heavy (non-hydrogen) atoms. The Morgan fingerprint density at radius 1 is 1.29 bits per heavy atom. The SMILES string of the molecule is CCOc1cc(NC(C(=O)OC)c2ccccc2)ncn1. The molecule has 0 aliphatic heterocycles. The highest BCUT2D eigenvalue weighted by molar-refractivity contribution is 5.80. The lowest BCUT2D eigenvalue weighted by atomic mass is 10.1. The fraction of sp³-hybridized carbons (Fsp3) is 0.267. The van der Waals surface area contributed by atoms with E-state index in [0.29, 0.717) is 18.3 Å². The number of hydrogen-bond acceptors (Lipinski definition) is 6. The van der Waals surface area contributed by atoms with Gasteiger partial charge in [0.1, 0.15) is 12.1 Å². The van der Waals surface area contributed by atoms with Crippen LogP contribution in [0.2, 0.25) is 0 Å². The molecule has 0 aliphatic rings. The van der Waals surface area contributed by atoms with Crippen molar-refractivity contribution in [1.82, 2.24) is 9.97 Å². The summed E-state index contributed by atoms with van der Waals surface area (Å²) < 4.78 is 10.2. The third-order valence-corrected chi connectivity index (χ3v) is 2.80. The fourth-order valence-electron chi connectivity index (χ4n) is 1.83. The number of ether oxygens (including phenoxy) is 2. The predicted molar refractivity (Wildman–Crippen MR) is 78.0 cm³/mol. The molecule has 2 aromatic rings. The zero-order chi connectivity index (χ0) is 15.1. The Hall–Kier alpha value is -2.63. The number of methoxy groups -OCH3 is 1. The number of anilines is 1. The van der Waals surface area contributed by atoms with Crippen molar-refractivity contribution in [2.24, 2.45) is 0 Å². The van der Waals surface area contributed by atoms with E-state index in [0.717, 1.165) is 5.56 Å². The molecule has 0 fully saturated rings. The standard InChI is InChI=1S/C15H17N3O3/c1-3-21-13-9-12(16-10-17-13)18-14(15(19)20-2)11-7-5-4-6-8-11/h4-10,14H,3H2,1-2H3,(H,16,17,18). The van der Waals surface area contributed by atoms with E-state index < -0.39 is 12.0 Å². The van der Waals surface area contributed by atoms with Gasteiger partial charge in [-0.1, -0.05) is 30.3 Å². The Labute approximate surface area is 123 Å². The lowest BCUT2D eigenvalue weighted by Gasteiger charge is -2.17. The summed E-state index contributed by atoms with van der Waals surface area (Å²) in [5, 5.41) is 3.04. The summed E-state index contributed by atoms with van der Waals surface area (Å²) >= 11 is 0. The first kappa shape index (κ1) is 14.8. The van der Waals surface area contributed by atoms with E-state index in [2.05, 4.69) is 15.3 Å². The van der Waals surface area contributed by atoms with Crippen molar-refractivity contribution in [3.05, 3.63) is 48.3 Å². The van der Waals surface area contributed by atoms with E-state index in [1.54, 1.807) is 6.07 Å². The summed E-state index contributed by atoms with van der Waals surface area (Å²) in [4.78, 5) is 20.0. The van der Waals surface area contributed by atoms with Crippen molar-refractivity contribution in [2.45, 2.75) is 13.0 Å². The van der Waals surface area contributed by atoms with Crippen LogP contribution in [0.1, 0.15) is 18.5 Å². The molecule has 1 aromatic carbocycles. The van der Waals surface area contributed by atoms with Gasteiger partial charge in [-0.25, -0.2) is 14.8 Å². The maximum Gasteiger partial charge on any atom is 0.333 e. The average Bonchev–Trinajstić information content (AvgIpc) is 2.53. The molecule has 110 valence electrons. The Morgan fingerprint density at radius 2 is 2.05 bits per heavy atom. The van der Waals surface area contributed by atoms with Crippen LogP contribution in [0, 0.1) is 0 Å². The lowest BCUT2D eigenvalue weighted by molar-refractivity contribution is -0.141. The molecule has 0 aliphatic carbocycles. The number of nitrogens with zero attached hydrogens (tertiary/aromatic N) is 2. The molecule has 0 radical (unpaired) electrons. The van der Waals surface area contributed by atoms with Gasteiger partial charge in [0, 0.05) is 6.07 Å². The van der Waals surface area contributed by atoms with Gasteiger partial charge in [0.25, 0.3) is 0 Å². The topological polar surface area (TPSA) is 73.3 Å². The second-order valence-corrected chi connectivity index (χ2v) is 4.19. The maximum absolute atomic E-state index is 12.0. The molecule has 1 unspecified atom stereocenters. The molecule has 0 bridgehead atoms. The molecular formula is C15H17N3O3. The molecule has 0 spiro atoms. The van der Waals surface area contributed by atoms with Crippen LogP contribution < -0.4 is 10.1 Å². The van der Waals surface area contributed by atoms with Gasteiger partial charge in [-0.2, -0.15) is 0 Å². The summed E-state index contributed by atoms with van der Waals surface area (Å²) in [6.45, 7) is 2.38. The van der Waals surface area contributed by atoms with E-state index in [1.807, 2.05) is 37.3 Å².